The summed E-state index contributed by atoms with van der Waals surface area (Å²) in [5, 5.41) is 9.38. The molecule has 1 fully saturated rings. The molecular weight excluding hydrogens is 417 g/mol. The summed E-state index contributed by atoms with van der Waals surface area (Å²) in [6.45, 7) is 5.91. The maximum absolute atomic E-state index is 13.8. The fourth-order valence-corrected chi connectivity index (χ4v) is 4.15. The van der Waals surface area contributed by atoms with Crippen molar-refractivity contribution in [1.29, 1.82) is 0 Å². The van der Waals surface area contributed by atoms with E-state index in [1.54, 1.807) is 38.1 Å². The molecule has 2 aromatic carbocycles. The van der Waals surface area contributed by atoms with E-state index in [4.69, 9.17) is 14.2 Å². The molecule has 0 aliphatic carbocycles. The average molecular weight is 443 g/mol. The van der Waals surface area contributed by atoms with Crippen LogP contribution in [0.1, 0.15) is 34.8 Å². The van der Waals surface area contributed by atoms with Crippen molar-refractivity contribution in [3.05, 3.63) is 52.8 Å². The number of rotatable bonds is 6. The summed E-state index contributed by atoms with van der Waals surface area (Å²) in [6.07, 6.45) is -0.247. The Bertz CT molecular complexity index is 1050. The van der Waals surface area contributed by atoms with Crippen molar-refractivity contribution >= 4 is 17.4 Å². The highest BCUT2D eigenvalue weighted by Gasteiger charge is 2.39. The minimum Gasteiger partial charge on any atom is -0.489 e. The lowest BCUT2D eigenvalue weighted by Gasteiger charge is -2.37. The number of carbonyl (C=O) groups is 2. The predicted octanol–water partition coefficient (Wildman–Crippen LogP) is 3.40. The summed E-state index contributed by atoms with van der Waals surface area (Å²) in [4.78, 5) is 26.6. The molecule has 1 saturated heterocycles. The maximum Gasteiger partial charge on any atom is 0.307 e. The van der Waals surface area contributed by atoms with Gasteiger partial charge < -0.3 is 24.2 Å². The molecule has 0 saturated carbocycles. The number of morpholine rings is 1. The summed E-state index contributed by atoms with van der Waals surface area (Å²) in [5.41, 5.74) is 0.945. The van der Waals surface area contributed by atoms with Gasteiger partial charge in [0.1, 0.15) is 29.5 Å². The first-order valence-electron chi connectivity index (χ1n) is 10.6. The van der Waals surface area contributed by atoms with Crippen molar-refractivity contribution in [2.45, 2.75) is 32.3 Å². The van der Waals surface area contributed by atoms with Gasteiger partial charge in [-0.2, -0.15) is 0 Å². The van der Waals surface area contributed by atoms with E-state index in [-0.39, 0.29) is 31.0 Å². The van der Waals surface area contributed by atoms with Crippen molar-refractivity contribution in [2.24, 2.45) is 0 Å². The molecule has 1 atom stereocenters. The smallest absolute Gasteiger partial charge is 0.307 e. The molecule has 7 nitrogen and oxygen atoms in total. The van der Waals surface area contributed by atoms with Gasteiger partial charge in [0.05, 0.1) is 31.6 Å². The Kier molecular flexibility index (Phi) is 6.06. The van der Waals surface area contributed by atoms with E-state index in [1.807, 2.05) is 0 Å². The number of aliphatic carboxylic acids is 1. The van der Waals surface area contributed by atoms with Crippen LogP contribution in [0.3, 0.4) is 0 Å². The van der Waals surface area contributed by atoms with E-state index in [0.29, 0.717) is 54.5 Å². The molecule has 2 aliphatic heterocycles. The number of fused-ring (bicyclic) bond motifs is 1. The topological polar surface area (TPSA) is 85.3 Å². The molecule has 32 heavy (non-hydrogen) atoms. The molecule has 0 amide bonds. The Morgan fingerprint density at radius 3 is 2.75 bits per heavy atom. The molecule has 4 rings (SSSR count). The number of halogens is 1. The zero-order valence-corrected chi connectivity index (χ0v) is 18.2. The third-order valence-corrected chi connectivity index (χ3v) is 5.81. The first-order valence-corrected chi connectivity index (χ1v) is 10.6. The highest BCUT2D eigenvalue weighted by molar-refractivity contribution is 6.03. The number of nitrogens with zero attached hydrogens (tertiary/aromatic N) is 1. The van der Waals surface area contributed by atoms with Crippen LogP contribution in [-0.2, 0) is 16.0 Å². The van der Waals surface area contributed by atoms with E-state index in [1.165, 1.54) is 6.07 Å². The third kappa shape index (κ3) is 4.55. The third-order valence-electron chi connectivity index (χ3n) is 5.81. The van der Waals surface area contributed by atoms with Crippen LogP contribution in [0.4, 0.5) is 10.1 Å². The fourth-order valence-electron chi connectivity index (χ4n) is 4.15. The Balaban J connectivity index is 1.64. The van der Waals surface area contributed by atoms with E-state index in [0.717, 1.165) is 5.69 Å². The van der Waals surface area contributed by atoms with Crippen molar-refractivity contribution in [3.63, 3.8) is 0 Å². The second-order valence-corrected chi connectivity index (χ2v) is 8.45. The summed E-state index contributed by atoms with van der Waals surface area (Å²) in [6, 6.07) is 8.14. The van der Waals surface area contributed by atoms with Crippen LogP contribution in [0.25, 0.3) is 0 Å². The molecule has 2 aromatic rings. The van der Waals surface area contributed by atoms with Crippen molar-refractivity contribution < 1.29 is 33.3 Å². The number of carboxylic acids is 1. The number of carbonyl (C=O) groups excluding carboxylic acids is 1. The summed E-state index contributed by atoms with van der Waals surface area (Å²) < 4.78 is 31.3. The SMILES string of the molecule is Cc1c(F)cccc1OCC1(C)CC(=O)c2c(CC(=O)O)cc(N3CCOCC3)cc2O1. The van der Waals surface area contributed by atoms with Gasteiger partial charge in [0, 0.05) is 30.4 Å². The van der Waals surface area contributed by atoms with Gasteiger partial charge in [-0.15, -0.1) is 0 Å². The van der Waals surface area contributed by atoms with Gasteiger partial charge in [0.15, 0.2) is 5.78 Å². The first kappa shape index (κ1) is 22.1. The van der Waals surface area contributed by atoms with E-state index in [9.17, 15) is 19.1 Å². The summed E-state index contributed by atoms with van der Waals surface area (Å²) in [7, 11) is 0. The Labute approximate surface area is 185 Å². The maximum atomic E-state index is 13.8. The minimum atomic E-state index is -1.02. The Morgan fingerprint density at radius 1 is 1.28 bits per heavy atom. The van der Waals surface area contributed by atoms with Gasteiger partial charge >= 0.3 is 5.97 Å². The zero-order chi connectivity index (χ0) is 22.9. The van der Waals surface area contributed by atoms with Crippen LogP contribution in [-0.4, -0.2) is 55.4 Å². The largest absolute Gasteiger partial charge is 0.489 e. The number of ketones is 1. The van der Waals surface area contributed by atoms with Crippen LogP contribution in [0.15, 0.2) is 30.3 Å². The number of ether oxygens (including phenoxy) is 3. The Morgan fingerprint density at radius 2 is 2.03 bits per heavy atom. The summed E-state index contributed by atoms with van der Waals surface area (Å²) in [5.74, 6) is -0.840. The molecule has 170 valence electrons. The molecule has 2 heterocycles. The second-order valence-electron chi connectivity index (χ2n) is 8.45. The lowest BCUT2D eigenvalue weighted by molar-refractivity contribution is -0.136. The van der Waals surface area contributed by atoms with Crippen LogP contribution < -0.4 is 14.4 Å². The number of hydrogen-bond acceptors (Lipinski definition) is 6. The molecule has 1 N–H and O–H groups in total. The van der Waals surface area contributed by atoms with Crippen molar-refractivity contribution in [1.82, 2.24) is 0 Å². The molecule has 0 aromatic heterocycles. The Hall–Kier alpha value is -3.13. The van der Waals surface area contributed by atoms with Gasteiger partial charge in [-0.05, 0) is 37.6 Å². The second kappa shape index (κ2) is 8.78. The van der Waals surface area contributed by atoms with E-state index in [2.05, 4.69) is 4.90 Å². The fraction of sp³-hybridized carbons (Fsp3) is 0.417. The van der Waals surface area contributed by atoms with Crippen molar-refractivity contribution in [3.8, 4) is 11.5 Å². The molecule has 0 spiro atoms. The summed E-state index contributed by atoms with van der Waals surface area (Å²) >= 11 is 0. The molecule has 0 radical (unpaired) electrons. The van der Waals surface area contributed by atoms with Gasteiger partial charge in [0.25, 0.3) is 0 Å². The number of carboxylic acid groups (broad SMARTS) is 1. The van der Waals surface area contributed by atoms with Crippen LogP contribution >= 0.6 is 0 Å². The molecule has 8 heteroatoms. The predicted molar refractivity (Wildman–Crippen MR) is 115 cm³/mol. The number of benzene rings is 2. The number of Topliss-reactive ketones (excluding diaryl/α,β-unsaturated/α-hetero) is 1. The van der Waals surface area contributed by atoms with E-state index >= 15 is 0 Å². The van der Waals surface area contributed by atoms with E-state index < -0.39 is 11.6 Å². The normalized spacial score (nSPS) is 20.5. The first-order chi connectivity index (χ1) is 15.3. The quantitative estimate of drug-likeness (QED) is 0.732. The van der Waals surface area contributed by atoms with Gasteiger partial charge in [-0.1, -0.05) is 6.07 Å². The molecule has 0 bridgehead atoms. The lowest BCUT2D eigenvalue weighted by Crippen LogP contribution is -2.45. The van der Waals surface area contributed by atoms with Crippen LogP contribution in [0.5, 0.6) is 11.5 Å². The standard InChI is InChI=1S/C24H26FNO6/c1-15-18(25)4-3-5-20(15)31-14-24(2)13-19(27)23-16(11-22(28)29)10-17(12-21(23)32-24)26-6-8-30-9-7-26/h3-5,10,12H,6-9,11,13-14H2,1-2H3,(H,28,29). The van der Waals surface area contributed by atoms with Crippen molar-refractivity contribution in [2.75, 3.05) is 37.8 Å². The van der Waals surface area contributed by atoms with Gasteiger partial charge in [0.2, 0.25) is 0 Å². The van der Waals surface area contributed by atoms with Crippen LogP contribution in [0.2, 0.25) is 0 Å². The lowest BCUT2D eigenvalue weighted by atomic mass is 9.88. The monoisotopic (exact) mass is 443 g/mol. The molecule has 2 aliphatic rings. The van der Waals surface area contributed by atoms with Gasteiger partial charge in [-0.25, -0.2) is 4.39 Å². The van der Waals surface area contributed by atoms with Gasteiger partial charge in [-0.3, -0.25) is 9.59 Å². The highest BCUT2D eigenvalue weighted by atomic mass is 19.1. The number of hydrogen-bond donors (Lipinski definition) is 1. The molecular formula is C24H26FNO6. The van der Waals surface area contributed by atoms with Crippen LogP contribution in [0, 0.1) is 12.7 Å². The molecule has 1 unspecified atom stereocenters. The minimum absolute atomic E-state index is 0.0257. The average Bonchev–Trinajstić information content (AvgIpc) is 2.74. The highest BCUT2D eigenvalue weighted by Crippen LogP contribution is 2.39. The zero-order valence-electron chi connectivity index (χ0n) is 18.2. The number of anilines is 1.